The Labute approximate surface area is 186 Å². The molecule has 4 heteroatoms. The van der Waals surface area contributed by atoms with E-state index in [4.69, 9.17) is 0 Å². The minimum absolute atomic E-state index is 0.0594. The zero-order valence-electron chi connectivity index (χ0n) is 18.7. The number of benzene rings is 2. The number of carbonyl (C=O) groups excluding carboxylic acids is 1. The maximum absolute atomic E-state index is 12.6. The first-order chi connectivity index (χ1) is 15.2. The molecule has 0 saturated carbocycles. The van der Waals surface area contributed by atoms with Crippen molar-refractivity contribution in [2.45, 2.75) is 38.6 Å². The average Bonchev–Trinajstić information content (AvgIpc) is 2.80. The van der Waals surface area contributed by atoms with Crippen LogP contribution in [-0.2, 0) is 17.6 Å². The summed E-state index contributed by atoms with van der Waals surface area (Å²) in [4.78, 5) is 17.3. The molecule has 1 aliphatic carbocycles. The average molecular weight is 418 g/mol. The van der Waals surface area contributed by atoms with Gasteiger partial charge >= 0.3 is 0 Å². The van der Waals surface area contributed by atoms with E-state index < -0.39 is 0 Å². The lowest BCUT2D eigenvalue weighted by molar-refractivity contribution is -0.123. The van der Waals surface area contributed by atoms with Gasteiger partial charge in [-0.25, -0.2) is 0 Å². The smallest absolute Gasteiger partial charge is 0.234 e. The summed E-state index contributed by atoms with van der Waals surface area (Å²) in [5.74, 6) is 0.127. The number of rotatable bonds is 7. The molecular weight excluding hydrogens is 382 g/mol. The molecule has 1 saturated heterocycles. The van der Waals surface area contributed by atoms with Crippen LogP contribution in [0.25, 0.3) is 6.08 Å². The summed E-state index contributed by atoms with van der Waals surface area (Å²) in [7, 11) is 0. The second kappa shape index (κ2) is 10.7. The Bertz CT molecular complexity index is 885. The highest BCUT2D eigenvalue weighted by Gasteiger charge is 2.20. The summed E-state index contributed by atoms with van der Waals surface area (Å²) in [6, 6.07) is 17.2. The van der Waals surface area contributed by atoms with Gasteiger partial charge in [0, 0.05) is 32.7 Å². The SMILES string of the molecule is C[C@@H](NC(=O)CN1CCN(C/C=C/c2ccccc2)CC1)c1ccc2c(c1)CCCC2. The quantitative estimate of drug-likeness (QED) is 0.738. The number of nitrogens with zero attached hydrogens (tertiary/aromatic N) is 2. The van der Waals surface area contributed by atoms with Gasteiger partial charge in [-0.1, -0.05) is 60.7 Å². The van der Waals surface area contributed by atoms with Gasteiger partial charge in [0.15, 0.2) is 0 Å². The third kappa shape index (κ3) is 6.28. The van der Waals surface area contributed by atoms with E-state index in [1.165, 1.54) is 47.9 Å². The van der Waals surface area contributed by atoms with Crippen LogP contribution < -0.4 is 5.32 Å². The predicted molar refractivity (Wildman–Crippen MR) is 128 cm³/mol. The van der Waals surface area contributed by atoms with Crippen LogP contribution in [0.15, 0.2) is 54.6 Å². The molecule has 0 spiro atoms. The third-order valence-electron chi connectivity index (χ3n) is 6.56. The molecule has 31 heavy (non-hydrogen) atoms. The number of nitrogens with one attached hydrogen (secondary N) is 1. The van der Waals surface area contributed by atoms with Crippen molar-refractivity contribution in [3.63, 3.8) is 0 Å². The molecule has 164 valence electrons. The Kier molecular flexibility index (Phi) is 7.55. The highest BCUT2D eigenvalue weighted by molar-refractivity contribution is 5.78. The fourth-order valence-electron chi connectivity index (χ4n) is 4.63. The fourth-order valence-corrected chi connectivity index (χ4v) is 4.63. The van der Waals surface area contributed by atoms with Crippen molar-refractivity contribution in [1.29, 1.82) is 0 Å². The van der Waals surface area contributed by atoms with Crippen molar-refractivity contribution in [1.82, 2.24) is 15.1 Å². The standard InChI is InChI=1S/C27H35N3O/c1-22(25-14-13-24-11-5-6-12-26(24)20-25)28-27(31)21-30-18-16-29(17-19-30)15-7-10-23-8-3-2-4-9-23/h2-4,7-10,13-14,20,22H,5-6,11-12,15-19,21H2,1H3,(H,28,31)/b10-7+/t22-/m1/s1. The Hall–Kier alpha value is -2.43. The van der Waals surface area contributed by atoms with Crippen molar-refractivity contribution in [3.8, 4) is 0 Å². The van der Waals surface area contributed by atoms with E-state index in [0.717, 1.165) is 32.7 Å². The molecule has 1 amide bonds. The molecule has 0 bridgehead atoms. The van der Waals surface area contributed by atoms with E-state index >= 15 is 0 Å². The van der Waals surface area contributed by atoms with Crippen LogP contribution in [0.4, 0.5) is 0 Å². The number of carbonyl (C=O) groups is 1. The molecule has 1 heterocycles. The van der Waals surface area contributed by atoms with Crippen LogP contribution in [0.2, 0.25) is 0 Å². The van der Waals surface area contributed by atoms with Crippen molar-refractivity contribution >= 4 is 12.0 Å². The first-order valence-electron chi connectivity index (χ1n) is 11.7. The van der Waals surface area contributed by atoms with Gasteiger partial charge in [-0.05, 0) is 54.9 Å². The lowest BCUT2D eigenvalue weighted by Crippen LogP contribution is -2.49. The summed E-state index contributed by atoms with van der Waals surface area (Å²) in [6.07, 6.45) is 9.37. The number of fused-ring (bicyclic) bond motifs is 1. The monoisotopic (exact) mass is 417 g/mol. The molecule has 1 fully saturated rings. The lowest BCUT2D eigenvalue weighted by Gasteiger charge is -2.33. The van der Waals surface area contributed by atoms with Crippen molar-refractivity contribution < 1.29 is 4.79 Å². The highest BCUT2D eigenvalue weighted by atomic mass is 16.2. The Morgan fingerprint density at radius 1 is 0.968 bits per heavy atom. The van der Waals surface area contributed by atoms with Gasteiger partial charge in [0.25, 0.3) is 0 Å². The molecule has 2 aliphatic rings. The van der Waals surface area contributed by atoms with E-state index in [-0.39, 0.29) is 11.9 Å². The lowest BCUT2D eigenvalue weighted by atomic mass is 9.89. The molecule has 1 atom stereocenters. The normalized spacial score (nSPS) is 18.6. The number of amides is 1. The van der Waals surface area contributed by atoms with Crippen molar-refractivity contribution in [3.05, 3.63) is 76.9 Å². The first kappa shape index (κ1) is 21.8. The third-order valence-corrected chi connectivity index (χ3v) is 6.56. The van der Waals surface area contributed by atoms with Crippen LogP contribution in [0, 0.1) is 0 Å². The number of hydrogen-bond acceptors (Lipinski definition) is 3. The zero-order chi connectivity index (χ0) is 21.5. The van der Waals surface area contributed by atoms with E-state index in [1.807, 2.05) is 6.07 Å². The van der Waals surface area contributed by atoms with Gasteiger partial charge in [-0.3, -0.25) is 14.6 Å². The van der Waals surface area contributed by atoms with E-state index in [2.05, 4.69) is 76.7 Å². The largest absolute Gasteiger partial charge is 0.348 e. The summed E-state index contributed by atoms with van der Waals surface area (Å²) in [5.41, 5.74) is 5.43. The maximum atomic E-state index is 12.6. The van der Waals surface area contributed by atoms with Gasteiger partial charge in [0.1, 0.15) is 0 Å². The van der Waals surface area contributed by atoms with Crippen molar-refractivity contribution in [2.75, 3.05) is 39.3 Å². The van der Waals surface area contributed by atoms with E-state index in [9.17, 15) is 4.79 Å². The molecule has 2 aromatic carbocycles. The molecule has 4 nitrogen and oxygen atoms in total. The molecule has 1 aliphatic heterocycles. The molecule has 0 unspecified atom stereocenters. The Balaban J connectivity index is 1.19. The zero-order valence-corrected chi connectivity index (χ0v) is 18.7. The summed E-state index contributed by atoms with van der Waals surface area (Å²) < 4.78 is 0. The maximum Gasteiger partial charge on any atom is 0.234 e. The Morgan fingerprint density at radius 2 is 1.68 bits per heavy atom. The van der Waals surface area contributed by atoms with E-state index in [1.54, 1.807) is 0 Å². The van der Waals surface area contributed by atoms with Crippen LogP contribution in [0.5, 0.6) is 0 Å². The number of piperazine rings is 1. The topological polar surface area (TPSA) is 35.6 Å². The highest BCUT2D eigenvalue weighted by Crippen LogP contribution is 2.24. The summed E-state index contributed by atoms with van der Waals surface area (Å²) in [6.45, 7) is 7.45. The molecule has 4 rings (SSSR count). The van der Waals surface area contributed by atoms with Crippen LogP contribution in [0.3, 0.4) is 0 Å². The second-order valence-electron chi connectivity index (χ2n) is 8.91. The molecular formula is C27H35N3O. The fraction of sp³-hybridized carbons (Fsp3) is 0.444. The van der Waals surface area contributed by atoms with E-state index in [0.29, 0.717) is 6.54 Å². The van der Waals surface area contributed by atoms with Crippen molar-refractivity contribution in [2.24, 2.45) is 0 Å². The minimum Gasteiger partial charge on any atom is -0.348 e. The van der Waals surface area contributed by atoms with Gasteiger partial charge < -0.3 is 5.32 Å². The van der Waals surface area contributed by atoms with Gasteiger partial charge in [-0.2, -0.15) is 0 Å². The second-order valence-corrected chi connectivity index (χ2v) is 8.91. The summed E-state index contributed by atoms with van der Waals surface area (Å²) in [5, 5.41) is 3.21. The predicted octanol–water partition coefficient (Wildman–Crippen LogP) is 4.07. The molecule has 0 radical (unpaired) electrons. The molecule has 2 aromatic rings. The molecule has 1 N–H and O–H groups in total. The van der Waals surface area contributed by atoms with Gasteiger partial charge in [0.05, 0.1) is 12.6 Å². The first-order valence-corrected chi connectivity index (χ1v) is 11.7. The van der Waals surface area contributed by atoms with Gasteiger partial charge in [-0.15, -0.1) is 0 Å². The number of hydrogen-bond donors (Lipinski definition) is 1. The van der Waals surface area contributed by atoms with Gasteiger partial charge in [0.2, 0.25) is 5.91 Å². The molecule has 0 aromatic heterocycles. The summed E-state index contributed by atoms with van der Waals surface area (Å²) >= 11 is 0. The van der Waals surface area contributed by atoms with Crippen LogP contribution in [0.1, 0.15) is 48.1 Å². The minimum atomic E-state index is 0.0594. The Morgan fingerprint density at radius 3 is 2.45 bits per heavy atom. The number of aryl methyl sites for hydroxylation is 2. The van der Waals surface area contributed by atoms with Crippen LogP contribution >= 0.6 is 0 Å². The van der Waals surface area contributed by atoms with Crippen LogP contribution in [-0.4, -0.2) is 55.0 Å².